The molecule has 0 saturated heterocycles. The van der Waals surface area contributed by atoms with Crippen LogP contribution in [0.2, 0.25) is 5.02 Å². The molecule has 0 fully saturated rings. The predicted octanol–water partition coefficient (Wildman–Crippen LogP) is 4.57. The molecule has 0 radical (unpaired) electrons. The van der Waals surface area contributed by atoms with E-state index in [0.717, 1.165) is 52.6 Å². The van der Waals surface area contributed by atoms with Gasteiger partial charge in [0.25, 0.3) is 5.91 Å². The molecule has 1 heterocycles. The number of hydrogen-bond donors (Lipinski definition) is 1. The second-order valence-electron chi connectivity index (χ2n) is 7.65. The minimum absolute atomic E-state index is 0.0342. The summed E-state index contributed by atoms with van der Waals surface area (Å²) in [6, 6.07) is 11.7. The van der Waals surface area contributed by atoms with Crippen LogP contribution in [0.4, 0.5) is 0 Å². The van der Waals surface area contributed by atoms with Crippen LogP contribution in [-0.4, -0.2) is 43.8 Å². The van der Waals surface area contributed by atoms with Crippen molar-refractivity contribution in [2.45, 2.75) is 19.3 Å². The minimum Gasteiger partial charge on any atom is -0.351 e. The molecule has 4 rings (SSSR count). The van der Waals surface area contributed by atoms with Crippen LogP contribution < -0.4 is 5.32 Å². The Morgan fingerprint density at radius 2 is 1.90 bits per heavy atom. The summed E-state index contributed by atoms with van der Waals surface area (Å²) in [5, 5.41) is 4.16. The van der Waals surface area contributed by atoms with Crippen molar-refractivity contribution >= 4 is 44.7 Å². The quantitative estimate of drug-likeness (QED) is 0.608. The van der Waals surface area contributed by atoms with E-state index in [1.54, 1.807) is 0 Å². The van der Waals surface area contributed by atoms with Crippen LogP contribution in [0.25, 0.3) is 10.1 Å². The molecular formula is C23H23ClN2O2S. The zero-order valence-corrected chi connectivity index (χ0v) is 18.1. The Balaban J connectivity index is 1.65. The van der Waals surface area contributed by atoms with Gasteiger partial charge >= 0.3 is 0 Å². The van der Waals surface area contributed by atoms with Crippen LogP contribution in [0.5, 0.6) is 0 Å². The van der Waals surface area contributed by atoms with E-state index >= 15 is 0 Å². The number of nitrogens with one attached hydrogen (secondary N) is 1. The van der Waals surface area contributed by atoms with Gasteiger partial charge in [-0.1, -0.05) is 35.9 Å². The Bertz CT molecular complexity index is 1100. The number of fused-ring (bicyclic) bond motifs is 3. The van der Waals surface area contributed by atoms with E-state index < -0.39 is 0 Å². The van der Waals surface area contributed by atoms with Gasteiger partial charge in [0.15, 0.2) is 5.78 Å². The highest BCUT2D eigenvalue weighted by Crippen LogP contribution is 2.38. The molecule has 29 heavy (non-hydrogen) atoms. The number of carbonyl (C=O) groups excluding carboxylic acids is 2. The van der Waals surface area contributed by atoms with E-state index in [1.165, 1.54) is 11.3 Å². The van der Waals surface area contributed by atoms with Gasteiger partial charge in [-0.15, -0.1) is 11.3 Å². The predicted molar refractivity (Wildman–Crippen MR) is 120 cm³/mol. The molecule has 3 aromatic rings. The zero-order valence-electron chi connectivity index (χ0n) is 16.5. The number of halogens is 1. The number of aryl methyl sites for hydroxylation is 2. The lowest BCUT2D eigenvalue weighted by Gasteiger charge is -2.09. The van der Waals surface area contributed by atoms with Crippen molar-refractivity contribution in [2.24, 2.45) is 0 Å². The summed E-state index contributed by atoms with van der Waals surface area (Å²) >= 11 is 7.97. The molecule has 2 aromatic carbocycles. The van der Waals surface area contributed by atoms with Crippen LogP contribution in [-0.2, 0) is 12.8 Å². The van der Waals surface area contributed by atoms with Gasteiger partial charge in [-0.3, -0.25) is 9.59 Å². The number of rotatable bonds is 5. The molecule has 1 aliphatic carbocycles. The van der Waals surface area contributed by atoms with Gasteiger partial charge in [0.2, 0.25) is 0 Å². The molecule has 4 nitrogen and oxygen atoms in total. The molecule has 0 spiro atoms. The first-order valence-corrected chi connectivity index (χ1v) is 11.0. The van der Waals surface area contributed by atoms with Crippen molar-refractivity contribution in [1.82, 2.24) is 10.2 Å². The van der Waals surface area contributed by atoms with Crippen LogP contribution in [0, 0.1) is 0 Å². The monoisotopic (exact) mass is 426 g/mol. The van der Waals surface area contributed by atoms with E-state index in [1.807, 2.05) is 50.5 Å². The van der Waals surface area contributed by atoms with Crippen LogP contribution in [0.3, 0.4) is 0 Å². The summed E-state index contributed by atoms with van der Waals surface area (Å²) in [7, 11) is 4.02. The number of ketones is 1. The van der Waals surface area contributed by atoms with Crippen molar-refractivity contribution in [3.63, 3.8) is 0 Å². The third kappa shape index (κ3) is 3.95. The van der Waals surface area contributed by atoms with Crippen molar-refractivity contribution in [1.29, 1.82) is 0 Å². The molecule has 0 bridgehead atoms. The summed E-state index contributed by atoms with van der Waals surface area (Å²) in [6.45, 7) is 1.52. The highest BCUT2D eigenvalue weighted by Gasteiger charge is 2.24. The molecule has 1 amide bonds. The summed E-state index contributed by atoms with van der Waals surface area (Å²) in [5.74, 6) is -0.117. The number of nitrogens with zero attached hydrogens (tertiary/aromatic N) is 1. The van der Waals surface area contributed by atoms with Gasteiger partial charge in [0, 0.05) is 27.8 Å². The Labute approximate surface area is 179 Å². The van der Waals surface area contributed by atoms with Gasteiger partial charge in [-0.25, -0.2) is 0 Å². The topological polar surface area (TPSA) is 49.4 Å². The fourth-order valence-corrected chi connectivity index (χ4v) is 5.24. The Morgan fingerprint density at radius 3 is 2.69 bits per heavy atom. The van der Waals surface area contributed by atoms with Crippen molar-refractivity contribution in [2.75, 3.05) is 27.2 Å². The van der Waals surface area contributed by atoms with E-state index in [4.69, 9.17) is 11.6 Å². The molecule has 1 N–H and O–H groups in total. The average Bonchev–Trinajstić information content (AvgIpc) is 2.96. The van der Waals surface area contributed by atoms with Gasteiger partial charge in [0.1, 0.15) is 4.88 Å². The first-order valence-electron chi connectivity index (χ1n) is 9.76. The van der Waals surface area contributed by atoms with Crippen LogP contribution >= 0.6 is 22.9 Å². The van der Waals surface area contributed by atoms with Gasteiger partial charge in [-0.2, -0.15) is 0 Å². The maximum absolute atomic E-state index is 13.1. The lowest BCUT2D eigenvalue weighted by Crippen LogP contribution is -2.26. The maximum Gasteiger partial charge on any atom is 0.262 e. The van der Waals surface area contributed by atoms with Gasteiger partial charge in [-0.05, 0) is 63.2 Å². The lowest BCUT2D eigenvalue weighted by molar-refractivity contribution is 0.0956. The first kappa shape index (κ1) is 20.1. The third-order valence-corrected chi connectivity index (χ3v) is 6.95. The third-order valence-electron chi connectivity index (χ3n) is 5.30. The van der Waals surface area contributed by atoms with Crippen LogP contribution in [0.15, 0.2) is 36.4 Å². The molecule has 0 atom stereocenters. The van der Waals surface area contributed by atoms with E-state index in [-0.39, 0.29) is 11.7 Å². The van der Waals surface area contributed by atoms with Crippen molar-refractivity contribution in [3.05, 3.63) is 68.6 Å². The molecule has 1 aromatic heterocycles. The molecule has 1 aliphatic rings. The van der Waals surface area contributed by atoms with E-state index in [0.29, 0.717) is 22.0 Å². The number of carbonyl (C=O) groups is 2. The minimum atomic E-state index is -0.151. The Kier molecular flexibility index (Phi) is 5.72. The summed E-state index contributed by atoms with van der Waals surface area (Å²) < 4.78 is 0.950. The molecule has 0 saturated carbocycles. The van der Waals surface area contributed by atoms with E-state index in [9.17, 15) is 9.59 Å². The number of amides is 1. The Morgan fingerprint density at radius 1 is 1.14 bits per heavy atom. The normalized spacial score (nSPS) is 13.3. The fourth-order valence-electron chi connectivity index (χ4n) is 3.77. The lowest BCUT2D eigenvalue weighted by atomic mass is 9.98. The second kappa shape index (κ2) is 8.27. The number of thiophene rings is 1. The zero-order chi connectivity index (χ0) is 20.5. The average molecular weight is 427 g/mol. The molecule has 150 valence electrons. The maximum atomic E-state index is 13.1. The fraction of sp³-hybridized carbons (Fsp3) is 0.304. The highest BCUT2D eigenvalue weighted by molar-refractivity contribution is 7.21. The van der Waals surface area contributed by atoms with Crippen LogP contribution in [0.1, 0.15) is 43.1 Å². The standard InChI is InChI=1S/C23H23ClN2O2S/c1-26(2)11-5-10-25-23(28)22-20(24)18-13-17-15(12-19(18)29-22)9-8-14-6-3-4-7-16(14)21(17)27/h3-4,6-7,12-13H,5,8-11H2,1-2H3,(H,25,28). The number of hydrogen-bond acceptors (Lipinski definition) is 4. The van der Waals surface area contributed by atoms with Gasteiger partial charge < -0.3 is 10.2 Å². The van der Waals surface area contributed by atoms with Gasteiger partial charge in [0.05, 0.1) is 5.02 Å². The van der Waals surface area contributed by atoms with Crippen molar-refractivity contribution < 1.29 is 9.59 Å². The van der Waals surface area contributed by atoms with Crippen molar-refractivity contribution in [3.8, 4) is 0 Å². The summed E-state index contributed by atoms with van der Waals surface area (Å²) in [5.41, 5.74) is 3.56. The highest BCUT2D eigenvalue weighted by atomic mass is 35.5. The molecular weight excluding hydrogens is 404 g/mol. The largest absolute Gasteiger partial charge is 0.351 e. The molecule has 0 aliphatic heterocycles. The summed E-state index contributed by atoms with van der Waals surface area (Å²) in [6.07, 6.45) is 2.51. The smallest absolute Gasteiger partial charge is 0.262 e. The molecule has 6 heteroatoms. The Hall–Kier alpha value is -2.21. The SMILES string of the molecule is CN(C)CCCNC(=O)c1sc2cc3c(cc2c1Cl)C(=O)c1ccccc1CC3. The molecule has 0 unspecified atom stereocenters. The van der Waals surface area contributed by atoms with E-state index in [2.05, 4.69) is 10.2 Å². The second-order valence-corrected chi connectivity index (χ2v) is 9.08. The number of benzene rings is 2. The first-order chi connectivity index (χ1) is 14.0. The summed E-state index contributed by atoms with van der Waals surface area (Å²) in [4.78, 5) is 28.3.